The second kappa shape index (κ2) is 13.2. The molecule has 4 aliphatic rings. The Bertz CT molecular complexity index is 1810. The van der Waals surface area contributed by atoms with Crippen LogP contribution in [0.3, 0.4) is 0 Å². The van der Waals surface area contributed by atoms with Gasteiger partial charge in [0.15, 0.2) is 18.7 Å². The van der Waals surface area contributed by atoms with Crippen LogP contribution in [0, 0.1) is 5.92 Å². The Morgan fingerprint density at radius 2 is 1.63 bits per heavy atom. The lowest BCUT2D eigenvalue weighted by atomic mass is 9.72. The fraction of sp³-hybridized carbons (Fsp3) is 0.568. The number of hydroxylamine groups is 2. The molecule has 15 heteroatoms. The Hall–Kier alpha value is -3.96. The minimum Gasteiger partial charge on any atom is -0.507 e. The summed E-state index contributed by atoms with van der Waals surface area (Å²) < 4.78 is 22.8. The topological polar surface area (TPSA) is 235 Å². The third kappa shape index (κ3) is 6.17. The van der Waals surface area contributed by atoms with E-state index in [0.29, 0.717) is 0 Å². The molecule has 6 N–H and O–H groups in total. The molecule has 0 aromatic heterocycles. The Morgan fingerprint density at radius 3 is 2.25 bits per heavy atom. The first kappa shape index (κ1) is 37.8. The number of nitrogens with zero attached hydrogens (tertiary/aromatic N) is 1. The Labute approximate surface area is 300 Å². The maximum atomic E-state index is 13.9. The molecule has 2 aromatic rings. The number of hydrogen-bond donors (Lipinski definition) is 5. The second-order valence-electron chi connectivity index (χ2n) is 15.6. The van der Waals surface area contributed by atoms with E-state index in [1.165, 1.54) is 25.3 Å². The van der Waals surface area contributed by atoms with Crippen LogP contribution < -0.4 is 10.5 Å². The zero-order chi connectivity index (χ0) is 38.2. The fourth-order valence-electron chi connectivity index (χ4n) is 8.42. The lowest BCUT2D eigenvalue weighted by Gasteiger charge is -2.49. The number of Topliss-reactive ketones (excluding diaryl/α,β-unsaturated/α-hetero) is 1. The first-order valence-corrected chi connectivity index (χ1v) is 17.2. The van der Waals surface area contributed by atoms with Gasteiger partial charge in [-0.25, -0.2) is 0 Å². The van der Waals surface area contributed by atoms with E-state index >= 15 is 0 Å². The summed E-state index contributed by atoms with van der Waals surface area (Å²) >= 11 is 0. The van der Waals surface area contributed by atoms with Crippen molar-refractivity contribution in [3.05, 3.63) is 51.6 Å². The van der Waals surface area contributed by atoms with Crippen molar-refractivity contribution in [2.24, 2.45) is 11.7 Å². The van der Waals surface area contributed by atoms with E-state index < -0.39 is 119 Å². The van der Waals surface area contributed by atoms with Crippen LogP contribution in [0.5, 0.6) is 17.2 Å². The van der Waals surface area contributed by atoms with Crippen LogP contribution in [0.2, 0.25) is 0 Å². The number of aliphatic hydroxyl groups excluding tert-OH is 1. The number of aromatic hydroxyl groups is 2. The van der Waals surface area contributed by atoms with Crippen molar-refractivity contribution in [3.63, 3.8) is 0 Å². The zero-order valence-corrected chi connectivity index (χ0v) is 29.9. The largest absolute Gasteiger partial charge is 0.507 e. The SMILES string of the molecule is COc1cccc2c1C(=O)c1c(O)c3c(c(O)c1C2=O)C[C@@](O)(C(=O)COC(=O)C1CC(C)(C)N([O])C(C)(C)C1)C[C@@H]3OC1C[C@@H](N)[C@H](O)C(C)O1. The van der Waals surface area contributed by atoms with Gasteiger partial charge in [-0.1, -0.05) is 12.1 Å². The minimum absolute atomic E-state index is 0.0319. The van der Waals surface area contributed by atoms with Gasteiger partial charge in [0, 0.05) is 53.1 Å². The molecule has 0 saturated carbocycles. The number of nitrogens with two attached hydrogens (primary N) is 1. The molecule has 6 atom stereocenters. The predicted octanol–water partition coefficient (Wildman–Crippen LogP) is 2.17. The van der Waals surface area contributed by atoms with Gasteiger partial charge in [-0.2, -0.15) is 0 Å². The van der Waals surface area contributed by atoms with Gasteiger partial charge in [-0.3, -0.25) is 19.2 Å². The summed E-state index contributed by atoms with van der Waals surface area (Å²) in [4.78, 5) is 54.9. The number of esters is 1. The van der Waals surface area contributed by atoms with Crippen LogP contribution in [0.15, 0.2) is 18.2 Å². The standard InChI is InChI=1S/C37H45N2O13/c1-16-29(41)20(38)10-24(51-16)52-22-14-37(47,23(40)15-50-34(46)17-11-35(2,3)39(48)36(4,5)12-17)13-19-26(22)33(45)28-27(31(19)43)30(42)18-8-7-9-21(49-6)25(18)32(28)44/h7-9,16-17,20,22,24,29,41,43,45,47H,10-15,38H2,1-6H3/t16?,20-,22+,24?,29-,37+/m1/s1. The summed E-state index contributed by atoms with van der Waals surface area (Å²) in [6, 6.07) is 3.56. The average Bonchev–Trinajstić information content (AvgIpc) is 3.07. The summed E-state index contributed by atoms with van der Waals surface area (Å²) in [6.45, 7) is 7.56. The summed E-state index contributed by atoms with van der Waals surface area (Å²) in [6.07, 6.45) is -5.24. The molecule has 281 valence electrons. The molecule has 2 aromatic carbocycles. The van der Waals surface area contributed by atoms with Gasteiger partial charge in [-0.15, -0.1) is 10.3 Å². The molecule has 2 heterocycles. The van der Waals surface area contributed by atoms with Crippen molar-refractivity contribution in [1.82, 2.24) is 5.06 Å². The van der Waals surface area contributed by atoms with Gasteiger partial charge >= 0.3 is 5.97 Å². The molecule has 1 radical (unpaired) electrons. The van der Waals surface area contributed by atoms with Crippen molar-refractivity contribution in [2.45, 2.75) is 114 Å². The first-order valence-electron chi connectivity index (χ1n) is 17.2. The highest BCUT2D eigenvalue weighted by Crippen LogP contribution is 2.52. The number of ketones is 3. The number of carbonyl (C=O) groups is 4. The maximum Gasteiger partial charge on any atom is 0.309 e. The van der Waals surface area contributed by atoms with Crippen molar-refractivity contribution in [2.75, 3.05) is 13.7 Å². The monoisotopic (exact) mass is 725 g/mol. The molecule has 2 saturated heterocycles. The van der Waals surface area contributed by atoms with Crippen LogP contribution in [-0.2, 0) is 35.4 Å². The quantitative estimate of drug-likeness (QED) is 0.174. The van der Waals surface area contributed by atoms with Crippen LogP contribution in [0.25, 0.3) is 0 Å². The third-order valence-corrected chi connectivity index (χ3v) is 10.9. The molecule has 6 rings (SSSR count). The van der Waals surface area contributed by atoms with Crippen LogP contribution >= 0.6 is 0 Å². The molecule has 0 spiro atoms. The van der Waals surface area contributed by atoms with Crippen molar-refractivity contribution in [3.8, 4) is 17.2 Å². The summed E-state index contributed by atoms with van der Waals surface area (Å²) in [5, 5.41) is 59.6. The molecule has 2 unspecified atom stereocenters. The number of hydrogen-bond acceptors (Lipinski definition) is 14. The smallest absolute Gasteiger partial charge is 0.309 e. The van der Waals surface area contributed by atoms with Crippen molar-refractivity contribution >= 4 is 23.3 Å². The zero-order valence-electron chi connectivity index (χ0n) is 29.9. The Morgan fingerprint density at radius 1 is 1.00 bits per heavy atom. The Kier molecular flexibility index (Phi) is 9.56. The molecule has 2 aliphatic heterocycles. The number of rotatable bonds is 7. The Balaban J connectivity index is 1.36. The average molecular weight is 726 g/mol. The van der Waals surface area contributed by atoms with E-state index in [1.54, 1.807) is 34.6 Å². The van der Waals surface area contributed by atoms with Crippen molar-refractivity contribution < 1.29 is 63.8 Å². The van der Waals surface area contributed by atoms with Crippen LogP contribution in [-0.4, -0.2) is 104 Å². The third-order valence-electron chi connectivity index (χ3n) is 10.9. The number of carbonyl (C=O) groups excluding carboxylic acids is 4. The molecule has 0 bridgehead atoms. The van der Waals surface area contributed by atoms with E-state index in [0.717, 1.165) is 5.06 Å². The van der Waals surface area contributed by atoms with Crippen LogP contribution in [0.1, 0.15) is 109 Å². The van der Waals surface area contributed by atoms with E-state index in [1.807, 2.05) is 0 Å². The van der Waals surface area contributed by atoms with Crippen molar-refractivity contribution in [1.29, 1.82) is 0 Å². The summed E-state index contributed by atoms with van der Waals surface area (Å²) in [5.74, 6) is -5.37. The highest BCUT2D eigenvalue weighted by atomic mass is 16.7. The van der Waals surface area contributed by atoms with E-state index in [4.69, 9.17) is 24.7 Å². The van der Waals surface area contributed by atoms with Gasteiger partial charge in [0.2, 0.25) is 11.6 Å². The molecule has 15 nitrogen and oxygen atoms in total. The second-order valence-corrected chi connectivity index (χ2v) is 15.6. The van der Waals surface area contributed by atoms with Gasteiger partial charge < -0.3 is 45.1 Å². The van der Waals surface area contributed by atoms with Crippen LogP contribution in [0.4, 0.5) is 0 Å². The highest BCUT2D eigenvalue weighted by molar-refractivity contribution is 6.31. The molecule has 52 heavy (non-hydrogen) atoms. The molecular weight excluding hydrogens is 680 g/mol. The minimum atomic E-state index is -2.38. The lowest BCUT2D eigenvalue weighted by Crippen LogP contribution is -2.59. The number of phenols is 2. The number of methoxy groups -OCH3 is 1. The van der Waals surface area contributed by atoms with E-state index in [-0.39, 0.29) is 47.3 Å². The summed E-state index contributed by atoms with van der Waals surface area (Å²) in [5.41, 5.74) is 0.359. The predicted molar refractivity (Wildman–Crippen MR) is 179 cm³/mol. The number of piperidine rings is 1. The van der Waals surface area contributed by atoms with Gasteiger partial charge in [0.25, 0.3) is 0 Å². The molecule has 2 aliphatic carbocycles. The maximum absolute atomic E-state index is 13.9. The number of phenolic OH excluding ortho intramolecular Hbond substituents is 2. The normalized spacial score (nSPS) is 29.8. The number of ether oxygens (including phenoxy) is 4. The fourth-order valence-corrected chi connectivity index (χ4v) is 8.42. The van der Waals surface area contributed by atoms with Gasteiger partial charge in [-0.05, 0) is 53.5 Å². The number of benzene rings is 2. The highest BCUT2D eigenvalue weighted by Gasteiger charge is 2.52. The molecule has 0 amide bonds. The molecule has 2 fully saturated rings. The van der Waals surface area contributed by atoms with E-state index in [9.17, 15) is 44.8 Å². The lowest BCUT2D eigenvalue weighted by molar-refractivity contribution is -0.293. The van der Waals surface area contributed by atoms with Gasteiger partial charge in [0.1, 0.15) is 22.8 Å². The van der Waals surface area contributed by atoms with E-state index in [2.05, 4.69) is 0 Å². The van der Waals surface area contributed by atoms with Gasteiger partial charge in [0.05, 0.1) is 48.0 Å². The first-order chi connectivity index (χ1) is 24.2. The summed E-state index contributed by atoms with van der Waals surface area (Å²) in [7, 11) is 1.32. The number of aliphatic hydroxyl groups is 2. The molecular formula is C37H45N2O13. The number of fused-ring (bicyclic) bond motifs is 3.